The van der Waals surface area contributed by atoms with Crippen molar-refractivity contribution in [2.45, 2.75) is 30.9 Å². The summed E-state index contributed by atoms with van der Waals surface area (Å²) in [6, 6.07) is 0. The SMILES string of the molecule is Clc1nc(C2CSCCS2)nc2sc3c(c12)CCCC3. The highest BCUT2D eigenvalue weighted by atomic mass is 35.5. The van der Waals surface area contributed by atoms with Gasteiger partial charge in [-0.15, -0.1) is 23.1 Å². The summed E-state index contributed by atoms with van der Waals surface area (Å²) >= 11 is 12.3. The molecule has 0 bridgehead atoms. The number of hydrogen-bond acceptors (Lipinski definition) is 5. The van der Waals surface area contributed by atoms with Crippen LogP contribution in [-0.4, -0.2) is 27.2 Å². The van der Waals surface area contributed by atoms with Gasteiger partial charge in [-0.25, -0.2) is 9.97 Å². The maximum Gasteiger partial charge on any atom is 0.145 e. The average molecular weight is 343 g/mol. The van der Waals surface area contributed by atoms with Gasteiger partial charge in [-0.05, 0) is 31.2 Å². The zero-order valence-corrected chi connectivity index (χ0v) is 14.2. The van der Waals surface area contributed by atoms with Crippen LogP contribution in [0.15, 0.2) is 0 Å². The van der Waals surface area contributed by atoms with Crippen molar-refractivity contribution in [1.82, 2.24) is 9.97 Å². The van der Waals surface area contributed by atoms with Crippen LogP contribution in [0.2, 0.25) is 5.15 Å². The fourth-order valence-electron chi connectivity index (χ4n) is 2.91. The summed E-state index contributed by atoms with van der Waals surface area (Å²) in [4.78, 5) is 12.1. The molecule has 1 aliphatic heterocycles. The summed E-state index contributed by atoms with van der Waals surface area (Å²) in [7, 11) is 0. The van der Waals surface area contributed by atoms with E-state index in [9.17, 15) is 0 Å². The molecule has 4 rings (SSSR count). The first-order valence-corrected chi connectivity index (χ1v) is 10.4. The third-order valence-electron chi connectivity index (χ3n) is 3.89. The lowest BCUT2D eigenvalue weighted by atomic mass is 9.97. The Morgan fingerprint density at radius 3 is 2.85 bits per heavy atom. The van der Waals surface area contributed by atoms with E-state index in [1.807, 2.05) is 34.9 Å². The van der Waals surface area contributed by atoms with Crippen molar-refractivity contribution in [2.24, 2.45) is 0 Å². The van der Waals surface area contributed by atoms with Gasteiger partial charge in [-0.1, -0.05) is 11.6 Å². The fourth-order valence-corrected chi connectivity index (χ4v) is 7.12. The van der Waals surface area contributed by atoms with Gasteiger partial charge in [0.25, 0.3) is 0 Å². The maximum atomic E-state index is 6.50. The topological polar surface area (TPSA) is 25.8 Å². The van der Waals surface area contributed by atoms with Crippen LogP contribution in [0, 0.1) is 0 Å². The van der Waals surface area contributed by atoms with E-state index in [2.05, 4.69) is 4.98 Å². The molecule has 0 aromatic carbocycles. The quantitative estimate of drug-likeness (QED) is 0.699. The number of nitrogens with zero attached hydrogens (tertiary/aromatic N) is 2. The molecule has 2 nitrogen and oxygen atoms in total. The van der Waals surface area contributed by atoms with Crippen LogP contribution in [0.3, 0.4) is 0 Å². The van der Waals surface area contributed by atoms with E-state index in [0.29, 0.717) is 10.4 Å². The van der Waals surface area contributed by atoms with E-state index in [1.165, 1.54) is 41.2 Å². The Morgan fingerprint density at radius 2 is 2.00 bits per heavy atom. The molecule has 0 spiro atoms. The highest BCUT2D eigenvalue weighted by Crippen LogP contribution is 2.41. The molecule has 6 heteroatoms. The van der Waals surface area contributed by atoms with E-state index in [0.717, 1.165) is 28.2 Å². The van der Waals surface area contributed by atoms with Crippen LogP contribution in [0.25, 0.3) is 10.2 Å². The number of hydrogen-bond donors (Lipinski definition) is 0. The summed E-state index contributed by atoms with van der Waals surface area (Å²) in [5, 5.41) is 2.24. The minimum absolute atomic E-state index is 0.412. The van der Waals surface area contributed by atoms with Crippen LogP contribution in [-0.2, 0) is 12.8 Å². The summed E-state index contributed by atoms with van der Waals surface area (Å²) in [5.74, 6) is 4.48. The third-order valence-corrected chi connectivity index (χ3v) is 8.10. The van der Waals surface area contributed by atoms with Crippen molar-refractivity contribution in [1.29, 1.82) is 0 Å². The Kier molecular flexibility index (Phi) is 3.88. The first kappa shape index (κ1) is 13.7. The lowest BCUT2D eigenvalue weighted by molar-refractivity contribution is 0.700. The van der Waals surface area contributed by atoms with Crippen molar-refractivity contribution in [3.05, 3.63) is 21.4 Å². The summed E-state index contributed by atoms with van der Waals surface area (Å²) in [5.41, 5.74) is 1.43. The van der Waals surface area contributed by atoms with Gasteiger partial charge in [0.05, 0.1) is 10.6 Å². The van der Waals surface area contributed by atoms with Crippen molar-refractivity contribution < 1.29 is 0 Å². The Bertz CT molecular complexity index is 649. The van der Waals surface area contributed by atoms with E-state index in [-0.39, 0.29) is 0 Å². The molecule has 2 aromatic heterocycles. The summed E-state index contributed by atoms with van der Waals surface area (Å²) in [6.45, 7) is 0. The molecule has 0 amide bonds. The molecule has 0 saturated carbocycles. The smallest absolute Gasteiger partial charge is 0.145 e. The molecule has 1 fully saturated rings. The number of thioether (sulfide) groups is 2. The van der Waals surface area contributed by atoms with Gasteiger partial charge in [-0.3, -0.25) is 0 Å². The standard InChI is InChI=1S/C14H15ClN2S3/c15-12-11-8-3-1-2-4-9(8)20-14(11)17-13(16-12)10-7-18-5-6-19-10/h10H,1-7H2. The molecule has 0 radical (unpaired) electrons. The molecule has 2 aromatic rings. The molecular formula is C14H15ClN2S3. The van der Waals surface area contributed by atoms with Gasteiger partial charge in [0, 0.05) is 22.1 Å². The second kappa shape index (κ2) is 5.67. The monoisotopic (exact) mass is 342 g/mol. The van der Waals surface area contributed by atoms with Gasteiger partial charge in [0.15, 0.2) is 0 Å². The zero-order chi connectivity index (χ0) is 13.5. The van der Waals surface area contributed by atoms with Crippen LogP contribution >= 0.6 is 46.5 Å². The Balaban J connectivity index is 1.81. The van der Waals surface area contributed by atoms with E-state index in [1.54, 1.807) is 0 Å². The predicted molar refractivity (Wildman–Crippen MR) is 91.6 cm³/mol. The van der Waals surface area contributed by atoms with E-state index >= 15 is 0 Å². The van der Waals surface area contributed by atoms with E-state index in [4.69, 9.17) is 16.6 Å². The van der Waals surface area contributed by atoms with Crippen LogP contribution in [0.4, 0.5) is 0 Å². The zero-order valence-electron chi connectivity index (χ0n) is 11.0. The average Bonchev–Trinajstić information content (AvgIpc) is 2.87. The molecule has 1 aliphatic carbocycles. The molecular weight excluding hydrogens is 328 g/mol. The first-order valence-electron chi connectivity index (χ1n) is 7.00. The highest BCUT2D eigenvalue weighted by Gasteiger charge is 2.24. The molecule has 0 N–H and O–H groups in total. The molecule has 1 unspecified atom stereocenters. The largest absolute Gasteiger partial charge is 0.221 e. The van der Waals surface area contributed by atoms with E-state index < -0.39 is 0 Å². The van der Waals surface area contributed by atoms with Gasteiger partial charge >= 0.3 is 0 Å². The van der Waals surface area contributed by atoms with Gasteiger partial charge in [0.1, 0.15) is 15.8 Å². The maximum absolute atomic E-state index is 6.50. The van der Waals surface area contributed by atoms with Crippen molar-refractivity contribution in [3.63, 3.8) is 0 Å². The van der Waals surface area contributed by atoms with Crippen LogP contribution in [0.1, 0.15) is 34.4 Å². The number of halogens is 1. The predicted octanol–water partition coefficient (Wildman–Crippen LogP) is 4.74. The minimum Gasteiger partial charge on any atom is -0.221 e. The van der Waals surface area contributed by atoms with Crippen molar-refractivity contribution in [2.75, 3.05) is 17.3 Å². The molecule has 2 aliphatic rings. The van der Waals surface area contributed by atoms with Crippen molar-refractivity contribution in [3.8, 4) is 0 Å². The van der Waals surface area contributed by atoms with Gasteiger partial charge in [0.2, 0.25) is 0 Å². The second-order valence-electron chi connectivity index (χ2n) is 5.20. The molecule has 20 heavy (non-hydrogen) atoms. The third kappa shape index (κ3) is 2.36. The Labute approximate surface area is 136 Å². The highest BCUT2D eigenvalue weighted by molar-refractivity contribution is 8.06. The minimum atomic E-state index is 0.412. The Hall–Kier alpha value is 0.0300. The van der Waals surface area contributed by atoms with Crippen LogP contribution in [0.5, 0.6) is 0 Å². The number of fused-ring (bicyclic) bond motifs is 3. The second-order valence-corrected chi connectivity index (χ2v) is 9.10. The number of rotatable bonds is 1. The summed E-state index contributed by atoms with van der Waals surface area (Å²) < 4.78 is 0. The molecule has 106 valence electrons. The summed E-state index contributed by atoms with van der Waals surface area (Å²) in [6.07, 6.45) is 4.90. The lowest BCUT2D eigenvalue weighted by Crippen LogP contribution is -2.10. The number of aromatic nitrogens is 2. The van der Waals surface area contributed by atoms with Crippen LogP contribution < -0.4 is 0 Å². The lowest BCUT2D eigenvalue weighted by Gasteiger charge is -2.19. The fraction of sp³-hybridized carbons (Fsp3) is 0.571. The van der Waals surface area contributed by atoms with Gasteiger partial charge in [-0.2, -0.15) is 11.8 Å². The van der Waals surface area contributed by atoms with Gasteiger partial charge < -0.3 is 0 Å². The van der Waals surface area contributed by atoms with Crippen molar-refractivity contribution >= 4 is 56.7 Å². The molecule has 1 atom stereocenters. The Morgan fingerprint density at radius 1 is 1.10 bits per heavy atom. The number of thiophene rings is 1. The normalized spacial score (nSPS) is 22.9. The molecule has 1 saturated heterocycles. The molecule has 3 heterocycles. The number of aryl methyl sites for hydroxylation is 2. The first-order chi connectivity index (χ1) is 9.83.